The minimum absolute atomic E-state index is 0.00441. The summed E-state index contributed by atoms with van der Waals surface area (Å²) in [5.74, 6) is -1.69. The number of ketones is 1. The van der Waals surface area contributed by atoms with Crippen LogP contribution in [0.1, 0.15) is 40.1 Å². The fourth-order valence-electron chi connectivity index (χ4n) is 2.39. The maximum Gasteiger partial charge on any atom is 0.341 e. The number of rotatable bonds is 6. The highest BCUT2D eigenvalue weighted by atomic mass is 35.5. The van der Waals surface area contributed by atoms with Crippen molar-refractivity contribution in [2.75, 3.05) is 12.9 Å². The van der Waals surface area contributed by atoms with Gasteiger partial charge in [-0.3, -0.25) is 14.3 Å². The Balaban J connectivity index is 2.69. The number of H-pyrrole nitrogens is 1. The van der Waals surface area contributed by atoms with E-state index in [9.17, 15) is 22.8 Å². The second-order valence-electron chi connectivity index (χ2n) is 5.36. The first-order valence-corrected chi connectivity index (χ1v) is 9.92. The van der Waals surface area contributed by atoms with E-state index in [0.29, 0.717) is 6.54 Å². The van der Waals surface area contributed by atoms with E-state index in [1.54, 1.807) is 13.8 Å². The zero-order valence-electron chi connectivity index (χ0n) is 14.3. The number of aryl methyl sites for hydroxylation is 1. The van der Waals surface area contributed by atoms with Gasteiger partial charge in [0.15, 0.2) is 9.84 Å². The van der Waals surface area contributed by atoms with Crippen molar-refractivity contribution in [3.05, 3.63) is 50.4 Å². The smallest absolute Gasteiger partial charge is 0.341 e. The van der Waals surface area contributed by atoms with Crippen molar-refractivity contribution in [1.82, 2.24) is 9.78 Å². The van der Waals surface area contributed by atoms with Gasteiger partial charge in [-0.05, 0) is 26.0 Å². The summed E-state index contributed by atoms with van der Waals surface area (Å²) >= 11 is 6.18. The number of benzene rings is 1. The third-order valence-electron chi connectivity index (χ3n) is 3.63. The third kappa shape index (κ3) is 3.58. The molecule has 0 bridgehead atoms. The fourth-order valence-corrected chi connectivity index (χ4v) is 3.64. The number of carbonyl (C=O) groups excluding carboxylic acids is 2. The second kappa shape index (κ2) is 7.46. The number of aromatic nitrogens is 2. The van der Waals surface area contributed by atoms with Gasteiger partial charge in [0.05, 0.1) is 22.1 Å². The van der Waals surface area contributed by atoms with Crippen LogP contribution in [0.15, 0.2) is 28.0 Å². The van der Waals surface area contributed by atoms with Crippen LogP contribution in [0.25, 0.3) is 0 Å². The van der Waals surface area contributed by atoms with Crippen molar-refractivity contribution in [3.8, 4) is 0 Å². The van der Waals surface area contributed by atoms with Gasteiger partial charge in [-0.1, -0.05) is 11.6 Å². The summed E-state index contributed by atoms with van der Waals surface area (Å²) in [6.45, 7) is 3.60. The topological polar surface area (TPSA) is 115 Å². The maximum absolute atomic E-state index is 12.7. The standard InChI is InChI=1S/C16H17ClN2O6S/c1-4-19-15(21)10(8-18-19)14(20)9-6-7-11(26(3,23)24)12(13(9)17)16(22)25-5-2/h6-8,18H,4-5H2,1-3H3. The Bertz CT molecular complexity index is 1040. The van der Waals surface area contributed by atoms with Crippen molar-refractivity contribution < 1.29 is 22.7 Å². The molecule has 140 valence electrons. The van der Waals surface area contributed by atoms with E-state index in [4.69, 9.17) is 16.3 Å². The average molecular weight is 401 g/mol. The van der Waals surface area contributed by atoms with Crippen molar-refractivity contribution in [2.24, 2.45) is 0 Å². The highest BCUT2D eigenvalue weighted by Crippen LogP contribution is 2.30. The molecular formula is C16H17ClN2O6S. The molecular weight excluding hydrogens is 384 g/mol. The molecule has 1 aromatic carbocycles. The number of hydrogen-bond acceptors (Lipinski definition) is 6. The van der Waals surface area contributed by atoms with Gasteiger partial charge in [0.25, 0.3) is 5.56 Å². The quantitative estimate of drug-likeness (QED) is 0.582. The minimum atomic E-state index is -3.80. The van der Waals surface area contributed by atoms with Gasteiger partial charge in [0.2, 0.25) is 5.78 Å². The van der Waals surface area contributed by atoms with Gasteiger partial charge < -0.3 is 9.84 Å². The lowest BCUT2D eigenvalue weighted by Crippen LogP contribution is -2.22. The molecule has 0 spiro atoms. The summed E-state index contributed by atoms with van der Waals surface area (Å²) in [6, 6.07) is 2.28. The van der Waals surface area contributed by atoms with Gasteiger partial charge in [-0.25, -0.2) is 13.2 Å². The summed E-state index contributed by atoms with van der Waals surface area (Å²) in [4.78, 5) is 36.7. The Labute approximate surface area is 154 Å². The van der Waals surface area contributed by atoms with Crippen molar-refractivity contribution in [3.63, 3.8) is 0 Å². The molecule has 1 aromatic heterocycles. The van der Waals surface area contributed by atoms with Crippen LogP contribution in [0.5, 0.6) is 0 Å². The van der Waals surface area contributed by atoms with E-state index < -0.39 is 32.7 Å². The van der Waals surface area contributed by atoms with Gasteiger partial charge in [0.1, 0.15) is 5.56 Å². The van der Waals surface area contributed by atoms with E-state index in [2.05, 4.69) is 5.10 Å². The number of nitrogens with zero attached hydrogens (tertiary/aromatic N) is 1. The highest BCUT2D eigenvalue weighted by molar-refractivity contribution is 7.90. The molecule has 0 radical (unpaired) electrons. The number of sulfone groups is 1. The van der Waals surface area contributed by atoms with Gasteiger partial charge >= 0.3 is 5.97 Å². The summed E-state index contributed by atoms with van der Waals surface area (Å²) in [7, 11) is -3.80. The molecule has 0 atom stereocenters. The first-order chi connectivity index (χ1) is 12.1. The van der Waals surface area contributed by atoms with Gasteiger partial charge in [0, 0.05) is 24.6 Å². The fraction of sp³-hybridized carbons (Fsp3) is 0.312. The molecule has 2 rings (SSSR count). The molecule has 0 saturated heterocycles. The van der Waals surface area contributed by atoms with E-state index in [-0.39, 0.29) is 27.7 Å². The number of nitrogens with one attached hydrogen (secondary N) is 1. The largest absolute Gasteiger partial charge is 0.462 e. The van der Waals surface area contributed by atoms with Crippen LogP contribution in [0, 0.1) is 0 Å². The Morgan fingerprint density at radius 1 is 1.23 bits per heavy atom. The molecule has 10 heteroatoms. The van der Waals surface area contributed by atoms with Crippen LogP contribution in [0.2, 0.25) is 5.02 Å². The monoisotopic (exact) mass is 400 g/mol. The zero-order chi connectivity index (χ0) is 19.6. The summed E-state index contributed by atoms with van der Waals surface area (Å²) < 4.78 is 30.0. The van der Waals surface area contributed by atoms with Crippen molar-refractivity contribution in [2.45, 2.75) is 25.3 Å². The van der Waals surface area contributed by atoms with Gasteiger partial charge in [-0.2, -0.15) is 0 Å². The summed E-state index contributed by atoms with van der Waals surface area (Å²) in [5.41, 5.74) is -1.30. The van der Waals surface area contributed by atoms with Crippen LogP contribution in [-0.2, 0) is 21.1 Å². The van der Waals surface area contributed by atoms with Crippen molar-refractivity contribution >= 4 is 33.2 Å². The van der Waals surface area contributed by atoms with Crippen LogP contribution in [-0.4, -0.2) is 42.8 Å². The van der Waals surface area contributed by atoms with Crippen LogP contribution in [0.4, 0.5) is 0 Å². The molecule has 8 nitrogen and oxygen atoms in total. The van der Waals surface area contributed by atoms with Crippen LogP contribution < -0.4 is 5.56 Å². The predicted octanol–water partition coefficient (Wildman–Crippen LogP) is 1.66. The number of ether oxygens (including phenoxy) is 1. The number of esters is 1. The molecule has 2 aromatic rings. The molecule has 26 heavy (non-hydrogen) atoms. The molecule has 1 N–H and O–H groups in total. The van der Waals surface area contributed by atoms with E-state index in [1.165, 1.54) is 16.9 Å². The van der Waals surface area contributed by atoms with Crippen LogP contribution >= 0.6 is 11.6 Å². The Kier molecular flexibility index (Phi) is 5.72. The Hall–Kier alpha value is -2.39. The number of halogens is 1. The summed E-state index contributed by atoms with van der Waals surface area (Å²) in [5, 5.41) is 2.26. The average Bonchev–Trinajstić information content (AvgIpc) is 2.93. The summed E-state index contributed by atoms with van der Waals surface area (Å²) in [6.07, 6.45) is 2.15. The lowest BCUT2D eigenvalue weighted by molar-refractivity contribution is 0.0522. The molecule has 0 amide bonds. The molecule has 0 aliphatic rings. The van der Waals surface area contributed by atoms with Gasteiger partial charge in [-0.15, -0.1) is 0 Å². The second-order valence-corrected chi connectivity index (χ2v) is 7.72. The molecule has 0 aliphatic carbocycles. The van der Waals surface area contributed by atoms with Crippen LogP contribution in [0.3, 0.4) is 0 Å². The molecule has 0 unspecified atom stereocenters. The first kappa shape index (κ1) is 19.9. The van der Waals surface area contributed by atoms with Crippen molar-refractivity contribution in [1.29, 1.82) is 0 Å². The van der Waals surface area contributed by atoms with E-state index in [0.717, 1.165) is 12.3 Å². The lowest BCUT2D eigenvalue weighted by Gasteiger charge is -2.12. The predicted molar refractivity (Wildman–Crippen MR) is 94.7 cm³/mol. The maximum atomic E-state index is 12.7. The van der Waals surface area contributed by atoms with E-state index >= 15 is 0 Å². The molecule has 1 heterocycles. The van der Waals surface area contributed by atoms with E-state index in [1.807, 2.05) is 0 Å². The number of hydrogen-bond donors (Lipinski definition) is 1. The number of aromatic amines is 1. The molecule has 0 aliphatic heterocycles. The Morgan fingerprint density at radius 2 is 1.88 bits per heavy atom. The Morgan fingerprint density at radius 3 is 2.38 bits per heavy atom. The minimum Gasteiger partial charge on any atom is -0.462 e. The normalized spacial score (nSPS) is 11.4. The third-order valence-corrected chi connectivity index (χ3v) is 5.16. The zero-order valence-corrected chi connectivity index (χ0v) is 15.9. The SMILES string of the molecule is CCOC(=O)c1c(S(C)(=O)=O)ccc(C(=O)c2c[nH]n(CC)c2=O)c1Cl. The highest BCUT2D eigenvalue weighted by Gasteiger charge is 2.28. The lowest BCUT2D eigenvalue weighted by atomic mass is 10.0. The molecule has 0 fully saturated rings. The first-order valence-electron chi connectivity index (χ1n) is 7.66. The number of carbonyl (C=O) groups is 2. The molecule has 0 saturated carbocycles.